The molecule has 2 aromatic rings. The highest BCUT2D eigenvalue weighted by atomic mass is 32.1. The zero-order valence-electron chi connectivity index (χ0n) is 9.68. The van der Waals surface area contributed by atoms with Gasteiger partial charge in [-0.3, -0.25) is 0 Å². The minimum absolute atomic E-state index is 0.530. The fraction of sp³-hybridized carbons (Fsp3) is 0.417. The average molecular weight is 235 g/mol. The smallest absolute Gasteiger partial charge is 0.112 e. The van der Waals surface area contributed by atoms with E-state index in [1.54, 1.807) is 11.3 Å². The molecule has 0 bridgehead atoms. The topological polar surface area (TPSA) is 29.9 Å². The van der Waals surface area contributed by atoms with Gasteiger partial charge in [0.1, 0.15) is 5.01 Å². The highest BCUT2D eigenvalue weighted by Crippen LogP contribution is 2.08. The summed E-state index contributed by atoms with van der Waals surface area (Å²) in [6.45, 7) is 6.13. The number of nitrogens with zero attached hydrogens (tertiary/aromatic N) is 2. The second kappa shape index (κ2) is 5.27. The quantitative estimate of drug-likeness (QED) is 0.863. The molecule has 2 aromatic heterocycles. The van der Waals surface area contributed by atoms with Gasteiger partial charge in [-0.25, -0.2) is 4.98 Å². The molecule has 0 saturated heterocycles. The molecule has 0 spiro atoms. The van der Waals surface area contributed by atoms with Crippen LogP contribution in [0.5, 0.6) is 0 Å². The van der Waals surface area contributed by atoms with Crippen LogP contribution in [0.1, 0.15) is 24.4 Å². The lowest BCUT2D eigenvalue weighted by atomic mass is 10.3. The highest BCUT2D eigenvalue weighted by molar-refractivity contribution is 7.09. The van der Waals surface area contributed by atoms with Gasteiger partial charge in [-0.15, -0.1) is 11.3 Å². The summed E-state index contributed by atoms with van der Waals surface area (Å²) in [5.41, 5.74) is 1.32. The van der Waals surface area contributed by atoms with E-state index in [2.05, 4.69) is 47.2 Å². The van der Waals surface area contributed by atoms with Gasteiger partial charge in [-0.05, 0) is 11.6 Å². The molecule has 2 heterocycles. The normalized spacial score (nSPS) is 11.2. The second-order valence-corrected chi connectivity index (χ2v) is 5.13. The Balaban J connectivity index is 1.92. The van der Waals surface area contributed by atoms with Crippen LogP contribution in [-0.4, -0.2) is 15.6 Å². The van der Waals surface area contributed by atoms with E-state index in [1.807, 2.05) is 11.6 Å². The molecule has 0 fully saturated rings. The highest BCUT2D eigenvalue weighted by Gasteiger charge is 2.00. The zero-order chi connectivity index (χ0) is 11.4. The predicted molar refractivity (Wildman–Crippen MR) is 67.6 cm³/mol. The summed E-state index contributed by atoms with van der Waals surface area (Å²) < 4.78 is 2.18. The third kappa shape index (κ3) is 3.18. The third-order valence-corrected chi connectivity index (χ3v) is 3.09. The summed E-state index contributed by atoms with van der Waals surface area (Å²) in [7, 11) is 0. The first-order chi connectivity index (χ1) is 7.74. The van der Waals surface area contributed by atoms with Crippen molar-refractivity contribution in [3.05, 3.63) is 40.6 Å². The number of aromatic nitrogens is 2. The van der Waals surface area contributed by atoms with E-state index in [1.165, 1.54) is 5.56 Å². The van der Waals surface area contributed by atoms with Gasteiger partial charge in [0.15, 0.2) is 0 Å². The fourth-order valence-electron chi connectivity index (χ4n) is 1.50. The second-order valence-electron chi connectivity index (χ2n) is 4.15. The fourth-order valence-corrected chi connectivity index (χ4v) is 2.13. The van der Waals surface area contributed by atoms with Crippen molar-refractivity contribution in [2.75, 3.05) is 0 Å². The van der Waals surface area contributed by atoms with Gasteiger partial charge in [-0.2, -0.15) is 0 Å². The van der Waals surface area contributed by atoms with Gasteiger partial charge in [0.2, 0.25) is 0 Å². The minimum Gasteiger partial charge on any atom is -0.347 e. The summed E-state index contributed by atoms with van der Waals surface area (Å²) in [5.74, 6) is 0. The Morgan fingerprint density at radius 3 is 3.06 bits per heavy atom. The van der Waals surface area contributed by atoms with E-state index in [0.717, 1.165) is 18.1 Å². The SMILES string of the molecule is CC(C)NCc1ccn(Cc2nccs2)c1. The van der Waals surface area contributed by atoms with E-state index < -0.39 is 0 Å². The van der Waals surface area contributed by atoms with Gasteiger partial charge in [0.25, 0.3) is 0 Å². The Labute approximate surface area is 100 Å². The van der Waals surface area contributed by atoms with Crippen LogP contribution in [0.4, 0.5) is 0 Å². The molecular formula is C12H17N3S. The molecule has 3 nitrogen and oxygen atoms in total. The Hall–Kier alpha value is -1.13. The van der Waals surface area contributed by atoms with Crippen molar-refractivity contribution < 1.29 is 0 Å². The first kappa shape index (κ1) is 11.4. The molecule has 0 unspecified atom stereocenters. The van der Waals surface area contributed by atoms with Crippen molar-refractivity contribution in [3.63, 3.8) is 0 Å². The molecular weight excluding hydrogens is 218 g/mol. The van der Waals surface area contributed by atoms with Gasteiger partial charge in [-0.1, -0.05) is 13.8 Å². The van der Waals surface area contributed by atoms with Gasteiger partial charge in [0.05, 0.1) is 6.54 Å². The summed E-state index contributed by atoms with van der Waals surface area (Å²) >= 11 is 1.70. The van der Waals surface area contributed by atoms with Crippen LogP contribution in [-0.2, 0) is 13.1 Å². The summed E-state index contributed by atoms with van der Waals surface area (Å²) in [4.78, 5) is 4.28. The number of rotatable bonds is 5. The van der Waals surface area contributed by atoms with E-state index in [4.69, 9.17) is 0 Å². The molecule has 0 atom stereocenters. The monoisotopic (exact) mass is 235 g/mol. The van der Waals surface area contributed by atoms with Crippen molar-refractivity contribution in [1.29, 1.82) is 0 Å². The molecule has 4 heteroatoms. The summed E-state index contributed by atoms with van der Waals surface area (Å²) in [6, 6.07) is 2.69. The van der Waals surface area contributed by atoms with Crippen LogP contribution in [0.15, 0.2) is 30.0 Å². The van der Waals surface area contributed by atoms with E-state index in [9.17, 15) is 0 Å². The number of thiazole rings is 1. The van der Waals surface area contributed by atoms with Gasteiger partial charge in [0, 0.05) is 36.6 Å². The molecule has 0 saturated carbocycles. The van der Waals surface area contributed by atoms with Crippen molar-refractivity contribution in [1.82, 2.24) is 14.9 Å². The van der Waals surface area contributed by atoms with Crippen LogP contribution in [0, 0.1) is 0 Å². The molecule has 0 aliphatic carbocycles. The minimum atomic E-state index is 0.530. The van der Waals surface area contributed by atoms with Crippen LogP contribution >= 0.6 is 11.3 Å². The van der Waals surface area contributed by atoms with Crippen LogP contribution in [0.25, 0.3) is 0 Å². The van der Waals surface area contributed by atoms with Crippen LogP contribution < -0.4 is 5.32 Å². The lowest BCUT2D eigenvalue weighted by molar-refractivity contribution is 0.588. The first-order valence-electron chi connectivity index (χ1n) is 5.50. The molecule has 16 heavy (non-hydrogen) atoms. The van der Waals surface area contributed by atoms with Crippen molar-refractivity contribution >= 4 is 11.3 Å². The Morgan fingerprint density at radius 2 is 2.38 bits per heavy atom. The maximum absolute atomic E-state index is 4.28. The molecule has 1 N–H and O–H groups in total. The predicted octanol–water partition coefficient (Wildman–Crippen LogP) is 2.49. The van der Waals surface area contributed by atoms with E-state index >= 15 is 0 Å². The third-order valence-electron chi connectivity index (χ3n) is 2.33. The van der Waals surface area contributed by atoms with Crippen molar-refractivity contribution in [2.45, 2.75) is 33.0 Å². The van der Waals surface area contributed by atoms with Crippen LogP contribution in [0.3, 0.4) is 0 Å². The largest absolute Gasteiger partial charge is 0.347 e. The van der Waals surface area contributed by atoms with Gasteiger partial charge < -0.3 is 9.88 Å². The Morgan fingerprint density at radius 1 is 1.50 bits per heavy atom. The van der Waals surface area contributed by atoms with E-state index in [-0.39, 0.29) is 0 Å². The maximum atomic E-state index is 4.28. The Bertz CT molecular complexity index is 417. The Kier molecular flexibility index (Phi) is 3.74. The zero-order valence-corrected chi connectivity index (χ0v) is 10.5. The molecule has 0 aromatic carbocycles. The van der Waals surface area contributed by atoms with Crippen molar-refractivity contribution in [3.8, 4) is 0 Å². The van der Waals surface area contributed by atoms with Gasteiger partial charge >= 0.3 is 0 Å². The molecule has 0 aliphatic rings. The average Bonchev–Trinajstić information content (AvgIpc) is 2.87. The maximum Gasteiger partial charge on any atom is 0.112 e. The lowest BCUT2D eigenvalue weighted by Crippen LogP contribution is -2.21. The molecule has 2 rings (SSSR count). The standard InChI is InChI=1S/C12H17N3S/c1-10(2)14-7-11-3-5-15(8-11)9-12-13-4-6-16-12/h3-6,8,10,14H,7,9H2,1-2H3. The molecule has 0 aliphatic heterocycles. The van der Waals surface area contributed by atoms with Crippen molar-refractivity contribution in [2.24, 2.45) is 0 Å². The number of hydrogen-bond acceptors (Lipinski definition) is 3. The molecule has 86 valence electrons. The van der Waals surface area contributed by atoms with Crippen LogP contribution in [0.2, 0.25) is 0 Å². The summed E-state index contributed by atoms with van der Waals surface area (Å²) in [5, 5.41) is 6.57. The lowest BCUT2D eigenvalue weighted by Gasteiger charge is -2.05. The molecule has 0 amide bonds. The summed E-state index contributed by atoms with van der Waals surface area (Å²) in [6.07, 6.45) is 6.14. The van der Waals surface area contributed by atoms with E-state index in [0.29, 0.717) is 6.04 Å². The number of nitrogens with one attached hydrogen (secondary N) is 1. The number of hydrogen-bond donors (Lipinski definition) is 1. The first-order valence-corrected chi connectivity index (χ1v) is 6.38. The molecule has 0 radical (unpaired) electrons.